The molecule has 3 aliphatic rings. The maximum atomic E-state index is 13.6. The first-order valence-corrected chi connectivity index (χ1v) is 10.7. The number of likely N-dealkylation sites (tertiary alicyclic amines) is 1. The molecule has 4 rings (SSSR count). The normalized spacial score (nSPS) is 32.7. The number of halogens is 1. The Hall–Kier alpha value is -1.99. The van der Waals surface area contributed by atoms with E-state index in [4.69, 9.17) is 16.3 Å². The van der Waals surface area contributed by atoms with E-state index in [9.17, 15) is 14.4 Å². The number of aromatic nitrogens is 1. The molecule has 2 aliphatic heterocycles. The number of pyridine rings is 1. The van der Waals surface area contributed by atoms with E-state index in [-0.39, 0.29) is 36.7 Å². The van der Waals surface area contributed by atoms with E-state index in [1.807, 2.05) is 0 Å². The fourth-order valence-corrected chi connectivity index (χ4v) is 5.09. The maximum Gasteiger partial charge on any atom is 0.252 e. The predicted molar refractivity (Wildman–Crippen MR) is 107 cm³/mol. The Labute approximate surface area is 175 Å². The first kappa shape index (κ1) is 20.3. The highest BCUT2D eigenvalue weighted by Crippen LogP contribution is 2.35. The van der Waals surface area contributed by atoms with E-state index in [1.165, 1.54) is 4.90 Å². The third-order valence-corrected chi connectivity index (χ3v) is 6.82. The fourth-order valence-electron chi connectivity index (χ4n) is 4.73. The van der Waals surface area contributed by atoms with Crippen molar-refractivity contribution < 1.29 is 19.1 Å². The van der Waals surface area contributed by atoms with Gasteiger partial charge >= 0.3 is 0 Å². The molecule has 29 heavy (non-hydrogen) atoms. The van der Waals surface area contributed by atoms with Crippen molar-refractivity contribution in [1.29, 1.82) is 0 Å². The lowest BCUT2D eigenvalue weighted by atomic mass is 9.78. The molecule has 0 aromatic carbocycles. The minimum atomic E-state index is -0.681. The molecule has 1 aromatic heterocycles. The van der Waals surface area contributed by atoms with Crippen molar-refractivity contribution in [1.82, 2.24) is 15.2 Å². The van der Waals surface area contributed by atoms with Gasteiger partial charge < -0.3 is 15.0 Å². The Balaban J connectivity index is 1.57. The van der Waals surface area contributed by atoms with E-state index in [2.05, 4.69) is 17.2 Å². The van der Waals surface area contributed by atoms with Gasteiger partial charge in [-0.15, -0.1) is 11.6 Å². The standard InChI is InChI=1S/C21H26ClN3O4/c1-12-2-4-13(5-3-12)17(24-20(27)14-6-8-23-9-7-14)21(28)25-10-15(22)19-18(25)16(26)11-29-19/h6-9,12-13,15,17-19H,2-5,10-11H2,1H3,(H,24,27)/t12-,13-,15-,17?,18+,19+/m0/s1. The zero-order valence-corrected chi connectivity index (χ0v) is 17.2. The highest BCUT2D eigenvalue weighted by molar-refractivity contribution is 6.22. The number of amides is 2. The molecule has 3 fully saturated rings. The molecule has 8 heteroatoms. The van der Waals surface area contributed by atoms with Crippen LogP contribution in [0.1, 0.15) is 43.0 Å². The third-order valence-electron chi connectivity index (χ3n) is 6.43. The Morgan fingerprint density at radius 1 is 1.24 bits per heavy atom. The van der Waals surface area contributed by atoms with Crippen LogP contribution in [0.2, 0.25) is 0 Å². The molecule has 156 valence electrons. The second-order valence-corrected chi connectivity index (χ2v) is 8.96. The van der Waals surface area contributed by atoms with Gasteiger partial charge in [0, 0.05) is 24.5 Å². The number of nitrogens with zero attached hydrogens (tertiary/aromatic N) is 2. The van der Waals surface area contributed by atoms with E-state index in [0.29, 0.717) is 11.5 Å². The van der Waals surface area contributed by atoms with Gasteiger partial charge in [-0.05, 0) is 36.8 Å². The van der Waals surface area contributed by atoms with Gasteiger partial charge in [-0.2, -0.15) is 0 Å². The monoisotopic (exact) mass is 419 g/mol. The molecule has 2 amide bonds. The molecule has 1 N–H and O–H groups in total. The van der Waals surface area contributed by atoms with Gasteiger partial charge in [0.25, 0.3) is 5.91 Å². The number of hydrogen-bond donors (Lipinski definition) is 1. The fraction of sp³-hybridized carbons (Fsp3) is 0.619. The van der Waals surface area contributed by atoms with E-state index >= 15 is 0 Å². The van der Waals surface area contributed by atoms with Crippen LogP contribution in [-0.2, 0) is 14.3 Å². The summed E-state index contributed by atoms with van der Waals surface area (Å²) < 4.78 is 5.50. The number of carbonyl (C=O) groups excluding carboxylic acids is 3. The summed E-state index contributed by atoms with van der Waals surface area (Å²) in [5.74, 6) is -0.00990. The van der Waals surface area contributed by atoms with Gasteiger partial charge in [-0.3, -0.25) is 19.4 Å². The van der Waals surface area contributed by atoms with Gasteiger partial charge in [0.1, 0.15) is 24.8 Å². The molecule has 1 aliphatic carbocycles. The highest BCUT2D eigenvalue weighted by atomic mass is 35.5. The minimum Gasteiger partial charge on any atom is -0.366 e. The van der Waals surface area contributed by atoms with Crippen LogP contribution in [0, 0.1) is 11.8 Å². The third kappa shape index (κ3) is 4.03. The molecule has 4 atom stereocenters. The summed E-state index contributed by atoms with van der Waals surface area (Å²) in [4.78, 5) is 44.2. The highest BCUT2D eigenvalue weighted by Gasteiger charge is 2.53. The van der Waals surface area contributed by atoms with Crippen LogP contribution in [0.25, 0.3) is 0 Å². The van der Waals surface area contributed by atoms with Crippen LogP contribution in [0.4, 0.5) is 0 Å². The number of fused-ring (bicyclic) bond motifs is 1. The lowest BCUT2D eigenvalue weighted by molar-refractivity contribution is -0.139. The van der Waals surface area contributed by atoms with Crippen molar-refractivity contribution in [3.63, 3.8) is 0 Å². The van der Waals surface area contributed by atoms with Crippen LogP contribution in [0.5, 0.6) is 0 Å². The lowest BCUT2D eigenvalue weighted by Crippen LogP contribution is -2.55. The van der Waals surface area contributed by atoms with Crippen LogP contribution < -0.4 is 5.32 Å². The zero-order chi connectivity index (χ0) is 20.5. The van der Waals surface area contributed by atoms with Gasteiger partial charge in [-0.25, -0.2) is 0 Å². The first-order chi connectivity index (χ1) is 14.0. The van der Waals surface area contributed by atoms with Gasteiger partial charge in [0.15, 0.2) is 5.78 Å². The number of carbonyl (C=O) groups is 3. The second kappa shape index (κ2) is 8.40. The van der Waals surface area contributed by atoms with Gasteiger partial charge in [0.2, 0.25) is 5.91 Å². The van der Waals surface area contributed by atoms with Gasteiger partial charge in [0.05, 0.1) is 5.38 Å². The zero-order valence-electron chi connectivity index (χ0n) is 16.4. The lowest BCUT2D eigenvalue weighted by Gasteiger charge is -2.35. The largest absolute Gasteiger partial charge is 0.366 e. The first-order valence-electron chi connectivity index (χ1n) is 10.3. The number of alkyl halides is 1. The van der Waals surface area contributed by atoms with Crippen molar-refractivity contribution in [2.75, 3.05) is 13.2 Å². The molecule has 1 aromatic rings. The molecule has 0 bridgehead atoms. The number of rotatable bonds is 4. The summed E-state index contributed by atoms with van der Waals surface area (Å²) >= 11 is 6.36. The number of hydrogen-bond acceptors (Lipinski definition) is 5. The van der Waals surface area contributed by atoms with Crippen molar-refractivity contribution in [2.45, 2.75) is 56.2 Å². The molecule has 0 radical (unpaired) electrons. The molecule has 3 heterocycles. The smallest absolute Gasteiger partial charge is 0.252 e. The van der Waals surface area contributed by atoms with Crippen LogP contribution >= 0.6 is 11.6 Å². The summed E-state index contributed by atoms with van der Waals surface area (Å²) in [7, 11) is 0. The molecule has 2 saturated heterocycles. The summed E-state index contributed by atoms with van der Waals surface area (Å²) in [5.41, 5.74) is 0.455. The Morgan fingerprint density at radius 3 is 2.62 bits per heavy atom. The minimum absolute atomic E-state index is 0.0165. The summed E-state index contributed by atoms with van der Waals surface area (Å²) in [6.07, 6.45) is 6.40. The van der Waals surface area contributed by atoms with Crippen molar-refractivity contribution in [3.05, 3.63) is 30.1 Å². The topological polar surface area (TPSA) is 88.6 Å². The van der Waals surface area contributed by atoms with Crippen LogP contribution in [0.15, 0.2) is 24.5 Å². The van der Waals surface area contributed by atoms with E-state index in [1.54, 1.807) is 24.5 Å². The van der Waals surface area contributed by atoms with Crippen LogP contribution in [0.3, 0.4) is 0 Å². The quantitative estimate of drug-likeness (QED) is 0.751. The number of ketones is 1. The average Bonchev–Trinajstić information content (AvgIpc) is 3.28. The molecule has 1 saturated carbocycles. The van der Waals surface area contributed by atoms with E-state index in [0.717, 1.165) is 25.7 Å². The van der Waals surface area contributed by atoms with Crippen molar-refractivity contribution >= 4 is 29.2 Å². The van der Waals surface area contributed by atoms with Crippen LogP contribution in [-0.4, -0.2) is 64.2 Å². The Bertz CT molecular complexity index is 781. The number of nitrogens with one attached hydrogen (secondary N) is 1. The summed E-state index contributed by atoms with van der Waals surface area (Å²) in [5, 5.41) is 2.53. The van der Waals surface area contributed by atoms with Gasteiger partial charge in [-0.1, -0.05) is 19.8 Å². The molecule has 7 nitrogen and oxygen atoms in total. The Kier molecular flexibility index (Phi) is 5.88. The predicted octanol–water partition coefficient (Wildman–Crippen LogP) is 1.79. The SMILES string of the molecule is C[C@H]1CC[C@H](C(NC(=O)c2ccncc2)C(=O)N2C[C@H](Cl)[C@H]3OCC(=O)[C@H]32)CC1. The molecule has 1 unspecified atom stereocenters. The second-order valence-electron chi connectivity index (χ2n) is 8.40. The number of ether oxygens (including phenoxy) is 1. The summed E-state index contributed by atoms with van der Waals surface area (Å²) in [6, 6.07) is 1.91. The summed E-state index contributed by atoms with van der Waals surface area (Å²) in [6.45, 7) is 2.45. The van der Waals surface area contributed by atoms with Crippen molar-refractivity contribution in [3.8, 4) is 0 Å². The van der Waals surface area contributed by atoms with E-state index < -0.39 is 23.6 Å². The average molecular weight is 420 g/mol. The van der Waals surface area contributed by atoms with Crippen molar-refractivity contribution in [2.24, 2.45) is 11.8 Å². The maximum absolute atomic E-state index is 13.6. The molecular weight excluding hydrogens is 394 g/mol. The molecular formula is C21H26ClN3O4. The number of Topliss-reactive ketones (excluding diaryl/α,β-unsaturated/α-hetero) is 1. The Morgan fingerprint density at radius 2 is 1.93 bits per heavy atom. The molecule has 0 spiro atoms.